The predicted octanol–water partition coefficient (Wildman–Crippen LogP) is 2.38. The molecule has 4 nitrogen and oxygen atoms in total. The maximum absolute atomic E-state index is 6.03. The van der Waals surface area contributed by atoms with Crippen LogP contribution in [0.5, 0.6) is 0 Å². The van der Waals surface area contributed by atoms with E-state index in [-0.39, 0.29) is 5.60 Å². The molecule has 1 aromatic rings. The van der Waals surface area contributed by atoms with Crippen LogP contribution in [0.4, 0.5) is 0 Å². The molecular weight excluding hydrogens is 228 g/mol. The van der Waals surface area contributed by atoms with Crippen LogP contribution in [-0.4, -0.2) is 35.2 Å². The average molecular weight is 250 g/mol. The summed E-state index contributed by atoms with van der Waals surface area (Å²) in [4.78, 5) is 6.78. The van der Waals surface area contributed by atoms with Crippen molar-refractivity contribution in [3.8, 4) is 0 Å². The molecular formula is C14H22N2O2. The Bertz CT molecular complexity index is 396. The fraction of sp³-hybridized carbons (Fsp3) is 0.786. The number of hydrogen-bond donors (Lipinski definition) is 0. The highest BCUT2D eigenvalue weighted by Gasteiger charge is 2.39. The Morgan fingerprint density at radius 1 is 1.39 bits per heavy atom. The summed E-state index contributed by atoms with van der Waals surface area (Å²) >= 11 is 0. The first kappa shape index (κ1) is 12.2. The van der Waals surface area contributed by atoms with Gasteiger partial charge < -0.3 is 9.15 Å². The molecule has 18 heavy (non-hydrogen) atoms. The average Bonchev–Trinajstić information content (AvgIpc) is 2.99. The molecule has 1 saturated carbocycles. The highest BCUT2D eigenvalue weighted by atomic mass is 16.5. The van der Waals surface area contributed by atoms with Crippen molar-refractivity contribution in [1.29, 1.82) is 0 Å². The zero-order valence-electron chi connectivity index (χ0n) is 11.2. The van der Waals surface area contributed by atoms with Crippen molar-refractivity contribution in [2.45, 2.75) is 51.2 Å². The van der Waals surface area contributed by atoms with Gasteiger partial charge in [-0.1, -0.05) is 19.8 Å². The molecule has 0 N–H and O–H groups in total. The zero-order valence-corrected chi connectivity index (χ0v) is 11.2. The van der Waals surface area contributed by atoms with Gasteiger partial charge in [-0.15, -0.1) is 0 Å². The van der Waals surface area contributed by atoms with E-state index in [0.29, 0.717) is 0 Å². The van der Waals surface area contributed by atoms with Crippen molar-refractivity contribution in [2.24, 2.45) is 0 Å². The van der Waals surface area contributed by atoms with Crippen LogP contribution in [0.3, 0.4) is 0 Å². The molecule has 0 atom stereocenters. The van der Waals surface area contributed by atoms with E-state index in [1.807, 2.05) is 6.20 Å². The molecule has 1 spiro atoms. The van der Waals surface area contributed by atoms with Gasteiger partial charge in [0, 0.05) is 19.5 Å². The maximum atomic E-state index is 6.03. The molecule has 2 fully saturated rings. The van der Waals surface area contributed by atoms with Crippen LogP contribution < -0.4 is 0 Å². The summed E-state index contributed by atoms with van der Waals surface area (Å²) < 4.78 is 11.7. The monoisotopic (exact) mass is 250 g/mol. The van der Waals surface area contributed by atoms with E-state index >= 15 is 0 Å². The second kappa shape index (κ2) is 5.02. The Morgan fingerprint density at radius 2 is 2.22 bits per heavy atom. The third-order valence-corrected chi connectivity index (χ3v) is 4.15. The topological polar surface area (TPSA) is 38.5 Å². The third kappa shape index (κ3) is 2.45. The minimum Gasteiger partial charge on any atom is -0.444 e. The normalized spacial score (nSPS) is 23.8. The Kier molecular flexibility index (Phi) is 3.39. The third-order valence-electron chi connectivity index (χ3n) is 4.15. The molecule has 2 heterocycles. The van der Waals surface area contributed by atoms with Crippen LogP contribution in [0.25, 0.3) is 0 Å². The van der Waals surface area contributed by atoms with Crippen molar-refractivity contribution in [2.75, 3.05) is 19.7 Å². The van der Waals surface area contributed by atoms with Gasteiger partial charge >= 0.3 is 0 Å². The van der Waals surface area contributed by atoms with E-state index in [9.17, 15) is 0 Å². The smallest absolute Gasteiger partial charge is 0.208 e. The van der Waals surface area contributed by atoms with Crippen LogP contribution >= 0.6 is 0 Å². The van der Waals surface area contributed by atoms with E-state index in [4.69, 9.17) is 9.15 Å². The van der Waals surface area contributed by atoms with Crippen LogP contribution in [0.15, 0.2) is 10.6 Å². The van der Waals surface area contributed by atoms with Crippen LogP contribution in [-0.2, 0) is 17.7 Å². The minimum atomic E-state index is 0.137. The largest absolute Gasteiger partial charge is 0.444 e. The summed E-state index contributed by atoms with van der Waals surface area (Å²) in [5.74, 6) is 1.83. The summed E-state index contributed by atoms with van der Waals surface area (Å²) in [6.07, 6.45) is 7.82. The van der Waals surface area contributed by atoms with Crippen LogP contribution in [0.2, 0.25) is 0 Å². The first-order valence-electron chi connectivity index (χ1n) is 7.10. The number of aryl methyl sites for hydroxylation is 1. The molecule has 3 rings (SSSR count). The lowest BCUT2D eigenvalue weighted by Crippen LogP contribution is -2.49. The van der Waals surface area contributed by atoms with Gasteiger partial charge in [-0.3, -0.25) is 4.90 Å². The van der Waals surface area contributed by atoms with Gasteiger partial charge in [0.2, 0.25) is 5.89 Å². The second-order valence-electron chi connectivity index (χ2n) is 5.52. The summed E-state index contributed by atoms with van der Waals surface area (Å²) in [6, 6.07) is 0. The zero-order chi connectivity index (χ0) is 12.4. The van der Waals surface area contributed by atoms with Gasteiger partial charge in [-0.2, -0.15) is 0 Å². The van der Waals surface area contributed by atoms with Crippen LogP contribution in [0, 0.1) is 0 Å². The summed E-state index contributed by atoms with van der Waals surface area (Å²) in [5.41, 5.74) is 0.137. The molecule has 1 aliphatic carbocycles. The SMILES string of the molecule is CCc1cnc(CN2CCOC3(CCCC3)C2)o1. The van der Waals surface area contributed by atoms with E-state index in [0.717, 1.165) is 44.3 Å². The number of oxazole rings is 1. The Hall–Kier alpha value is -0.870. The van der Waals surface area contributed by atoms with Crippen molar-refractivity contribution >= 4 is 0 Å². The fourth-order valence-electron chi connectivity index (χ4n) is 3.16. The van der Waals surface area contributed by atoms with Crippen molar-refractivity contribution in [3.63, 3.8) is 0 Å². The Labute approximate surface area is 108 Å². The van der Waals surface area contributed by atoms with Crippen molar-refractivity contribution < 1.29 is 9.15 Å². The number of ether oxygens (including phenoxy) is 1. The summed E-state index contributed by atoms with van der Waals surface area (Å²) in [6.45, 7) is 5.79. The predicted molar refractivity (Wildman–Crippen MR) is 68.3 cm³/mol. The lowest BCUT2D eigenvalue weighted by Gasteiger charge is -2.40. The van der Waals surface area contributed by atoms with Gasteiger partial charge in [0.1, 0.15) is 5.76 Å². The fourth-order valence-corrected chi connectivity index (χ4v) is 3.16. The number of morpholine rings is 1. The minimum absolute atomic E-state index is 0.137. The highest BCUT2D eigenvalue weighted by molar-refractivity contribution is 4.96. The Balaban J connectivity index is 1.62. The molecule has 1 saturated heterocycles. The summed E-state index contributed by atoms with van der Waals surface area (Å²) in [5, 5.41) is 0. The first-order valence-corrected chi connectivity index (χ1v) is 7.10. The van der Waals surface area contributed by atoms with Crippen molar-refractivity contribution in [1.82, 2.24) is 9.88 Å². The molecule has 0 aromatic carbocycles. The highest BCUT2D eigenvalue weighted by Crippen LogP contribution is 2.36. The van der Waals surface area contributed by atoms with Gasteiger partial charge in [-0.05, 0) is 12.8 Å². The quantitative estimate of drug-likeness (QED) is 0.825. The number of nitrogens with zero attached hydrogens (tertiary/aromatic N) is 2. The first-order chi connectivity index (χ1) is 8.80. The molecule has 2 aliphatic rings. The van der Waals surface area contributed by atoms with Gasteiger partial charge in [0.15, 0.2) is 0 Å². The van der Waals surface area contributed by atoms with Crippen molar-refractivity contribution in [3.05, 3.63) is 17.8 Å². The number of rotatable bonds is 3. The molecule has 0 radical (unpaired) electrons. The standard InChI is InChI=1S/C14H22N2O2/c1-2-12-9-15-13(18-12)10-16-7-8-17-14(11-16)5-3-4-6-14/h9H,2-8,10-11H2,1H3. The number of hydrogen-bond acceptors (Lipinski definition) is 4. The molecule has 1 aliphatic heterocycles. The van der Waals surface area contributed by atoms with Gasteiger partial charge in [0.25, 0.3) is 0 Å². The lowest BCUT2D eigenvalue weighted by atomic mass is 10.00. The molecule has 4 heteroatoms. The lowest BCUT2D eigenvalue weighted by molar-refractivity contribution is -0.108. The molecule has 0 bridgehead atoms. The van der Waals surface area contributed by atoms with E-state index < -0.39 is 0 Å². The molecule has 1 aromatic heterocycles. The van der Waals surface area contributed by atoms with Gasteiger partial charge in [0.05, 0.1) is 24.9 Å². The van der Waals surface area contributed by atoms with Gasteiger partial charge in [-0.25, -0.2) is 4.98 Å². The second-order valence-corrected chi connectivity index (χ2v) is 5.52. The number of aromatic nitrogens is 1. The maximum Gasteiger partial charge on any atom is 0.208 e. The van der Waals surface area contributed by atoms with E-state index in [2.05, 4.69) is 16.8 Å². The van der Waals surface area contributed by atoms with Crippen LogP contribution in [0.1, 0.15) is 44.3 Å². The van der Waals surface area contributed by atoms with E-state index in [1.54, 1.807) is 0 Å². The molecule has 0 unspecified atom stereocenters. The van der Waals surface area contributed by atoms with E-state index in [1.165, 1.54) is 25.7 Å². The molecule has 0 amide bonds. The summed E-state index contributed by atoms with van der Waals surface area (Å²) in [7, 11) is 0. The Morgan fingerprint density at radius 3 is 2.94 bits per heavy atom. The molecule has 100 valence electrons.